The Labute approximate surface area is 456 Å². The Morgan fingerprint density at radius 3 is 2.01 bits per heavy atom. The lowest BCUT2D eigenvalue weighted by Gasteiger charge is -2.32. The summed E-state index contributed by atoms with van der Waals surface area (Å²) >= 11 is 1.34. The highest BCUT2D eigenvalue weighted by Crippen LogP contribution is 2.22. The highest BCUT2D eigenvalue weighted by molar-refractivity contribution is 7.98. The van der Waals surface area contributed by atoms with Crippen molar-refractivity contribution in [3.63, 3.8) is 0 Å². The quantitative estimate of drug-likeness (QED) is 0.0227. The molecule has 1 aliphatic rings. The third kappa shape index (κ3) is 20.0. The molecule has 9 atom stereocenters. The van der Waals surface area contributed by atoms with Gasteiger partial charge in [0, 0.05) is 43.6 Å². The molecule has 7 amide bonds. The zero-order chi connectivity index (χ0) is 57.6. The molecule has 0 aliphatic carbocycles. The number of aliphatic carboxylic acids is 2. The summed E-state index contributed by atoms with van der Waals surface area (Å²) in [6.07, 6.45) is 2.99. The molecule has 0 saturated carbocycles. The number of carboxylic acids is 2. The number of nitrogens with one attached hydrogen (secondary N) is 9. The minimum Gasteiger partial charge on any atom is -0.508 e. The highest BCUT2D eigenvalue weighted by atomic mass is 32.2. The Balaban J connectivity index is 1.56. The molecule has 426 valence electrons. The van der Waals surface area contributed by atoms with Crippen molar-refractivity contribution >= 4 is 71.0 Å². The van der Waals surface area contributed by atoms with Crippen molar-refractivity contribution in [3.05, 3.63) is 83.4 Å². The number of carbonyl (C=O) groups is 9. The topological polar surface area (TPSA) is 406 Å². The number of carboxylic acid groups (broad SMARTS) is 2. The number of aryl methyl sites for hydroxylation is 1. The molecular formula is C52H75N13O12S. The van der Waals surface area contributed by atoms with Crippen LogP contribution >= 0.6 is 11.8 Å². The van der Waals surface area contributed by atoms with Gasteiger partial charge in [-0.15, -0.1) is 0 Å². The van der Waals surface area contributed by atoms with Gasteiger partial charge in [0.1, 0.15) is 48.0 Å². The number of aromatic amines is 1. The standard InChI is InChI=1S/C52H75N13O12S/c1-6-30(5)43(49(74)61-38(22-33-24-56-27-58-33)50(75)65-20-8-10-40(65)47(72)62-39(51(76)77)26-78-25-32-13-11-29(4)12-14-32)64-46(71)37(21-31-15-17-34(66)18-16-31)60-48(73)42(28(2)3)63-45(70)36(9-7-19-57-52(54)55)59-44(69)35(53)23-41(67)68/h11-18,24,27-28,30,35-40,42-43,66H,6-10,19-23,25-26,53H2,1-5H3,(H,56,58)(H,59,69)(H,60,73)(H,61,74)(H,62,72)(H,63,70)(H,64,71)(H,67,68)(H,76,77)(H4,54,55,57)/t30-,35-,36-,37-,38-,39-,40-,42-,43-/m0/s1. The second-order valence-electron chi connectivity index (χ2n) is 19.7. The molecule has 26 heteroatoms. The van der Waals surface area contributed by atoms with E-state index in [1.165, 1.54) is 53.5 Å². The first-order valence-corrected chi connectivity index (χ1v) is 26.9. The number of imidazole rings is 1. The number of carbonyl (C=O) groups excluding carboxylic acids is 7. The molecule has 0 bridgehead atoms. The number of amides is 7. The van der Waals surface area contributed by atoms with E-state index in [9.17, 15) is 58.5 Å². The van der Waals surface area contributed by atoms with Gasteiger partial charge in [-0.1, -0.05) is 76.1 Å². The van der Waals surface area contributed by atoms with Crippen molar-refractivity contribution in [1.29, 1.82) is 5.41 Å². The summed E-state index contributed by atoms with van der Waals surface area (Å²) in [5.41, 5.74) is 14.1. The van der Waals surface area contributed by atoms with Gasteiger partial charge in [0.15, 0.2) is 5.96 Å². The lowest BCUT2D eigenvalue weighted by Crippen LogP contribution is -2.62. The number of guanidine groups is 1. The van der Waals surface area contributed by atoms with Crippen molar-refractivity contribution in [2.75, 3.05) is 18.8 Å². The van der Waals surface area contributed by atoms with E-state index in [-0.39, 0.29) is 62.7 Å². The number of aromatic hydroxyl groups is 1. The summed E-state index contributed by atoms with van der Waals surface area (Å²) in [4.78, 5) is 131. The minimum absolute atomic E-state index is 0.0562. The van der Waals surface area contributed by atoms with Gasteiger partial charge < -0.3 is 73.9 Å². The fraction of sp³-hybridized carbons (Fsp3) is 0.519. The second kappa shape index (κ2) is 30.9. The first-order valence-electron chi connectivity index (χ1n) is 25.8. The Bertz CT molecular complexity index is 2530. The van der Waals surface area contributed by atoms with E-state index in [1.807, 2.05) is 31.2 Å². The maximum atomic E-state index is 14.6. The average molecular weight is 1110 g/mol. The third-order valence-electron chi connectivity index (χ3n) is 13.1. The van der Waals surface area contributed by atoms with Gasteiger partial charge in [0.05, 0.1) is 24.5 Å². The van der Waals surface area contributed by atoms with Crippen LogP contribution in [0.3, 0.4) is 0 Å². The summed E-state index contributed by atoms with van der Waals surface area (Å²) in [6, 6.07) is 3.01. The number of nitrogens with zero attached hydrogens (tertiary/aromatic N) is 2. The summed E-state index contributed by atoms with van der Waals surface area (Å²) < 4.78 is 0. The maximum absolute atomic E-state index is 14.6. The summed E-state index contributed by atoms with van der Waals surface area (Å²) in [5.74, 6) is -9.19. The van der Waals surface area contributed by atoms with E-state index in [2.05, 4.69) is 47.2 Å². The zero-order valence-corrected chi connectivity index (χ0v) is 45.3. The van der Waals surface area contributed by atoms with Gasteiger partial charge in [-0.2, -0.15) is 11.8 Å². The Morgan fingerprint density at radius 1 is 0.795 bits per heavy atom. The van der Waals surface area contributed by atoms with Crippen LogP contribution in [0.1, 0.15) is 88.6 Å². The molecule has 1 saturated heterocycles. The van der Waals surface area contributed by atoms with Crippen LogP contribution in [0.15, 0.2) is 61.1 Å². The van der Waals surface area contributed by atoms with Gasteiger partial charge in [0.2, 0.25) is 41.4 Å². The van der Waals surface area contributed by atoms with E-state index >= 15 is 0 Å². The smallest absolute Gasteiger partial charge is 0.327 e. The normalized spacial score (nSPS) is 16.2. The Hall–Kier alpha value is -7.74. The van der Waals surface area contributed by atoms with Crippen LogP contribution in [0.5, 0.6) is 5.75 Å². The molecule has 1 aromatic heterocycles. The van der Waals surface area contributed by atoms with Gasteiger partial charge >= 0.3 is 11.9 Å². The Kier molecular flexibility index (Phi) is 24.8. The molecule has 78 heavy (non-hydrogen) atoms. The van der Waals surface area contributed by atoms with Crippen molar-refractivity contribution in [2.45, 2.75) is 140 Å². The number of aromatic nitrogens is 2. The van der Waals surface area contributed by atoms with Crippen LogP contribution in [0.4, 0.5) is 0 Å². The van der Waals surface area contributed by atoms with Gasteiger partial charge in [-0.05, 0) is 67.7 Å². The molecule has 2 aromatic carbocycles. The van der Waals surface area contributed by atoms with E-state index in [1.54, 1.807) is 27.7 Å². The molecule has 3 aromatic rings. The number of likely N-dealkylation sites (tertiary alicyclic amines) is 1. The highest BCUT2D eigenvalue weighted by Gasteiger charge is 2.41. The number of H-pyrrole nitrogens is 1. The van der Waals surface area contributed by atoms with Crippen LogP contribution < -0.4 is 48.7 Å². The van der Waals surface area contributed by atoms with Gasteiger partial charge in [-0.25, -0.2) is 9.78 Å². The molecule has 0 radical (unpaired) electrons. The molecule has 25 nitrogen and oxygen atoms in total. The zero-order valence-electron chi connectivity index (χ0n) is 44.5. The SMILES string of the molecule is CC[C@H](C)[C@H](NC(=O)[C@H](Cc1ccc(O)cc1)NC(=O)[C@@H](NC(=O)[C@H](CCCNC(=N)N)NC(=O)[C@@H](N)CC(=O)O)C(C)C)C(=O)N[C@@H](Cc1c[nH]cn1)C(=O)N1CCC[C@H]1C(=O)N[C@@H](CSCc1ccc(C)cc1)C(=O)O. The predicted octanol–water partition coefficient (Wildman–Crippen LogP) is -0.106. The number of hydrogen-bond acceptors (Lipinski definition) is 14. The molecule has 16 N–H and O–H groups in total. The van der Waals surface area contributed by atoms with Crippen LogP contribution in [-0.4, -0.2) is 157 Å². The molecule has 0 spiro atoms. The van der Waals surface area contributed by atoms with E-state index in [4.69, 9.17) is 16.9 Å². The monoisotopic (exact) mass is 1110 g/mol. The number of rotatable bonds is 31. The number of nitrogens with two attached hydrogens (primary N) is 2. The molecule has 1 fully saturated rings. The number of phenolic OH excluding ortho intramolecular Hbond substituents is 1. The molecule has 2 heterocycles. The summed E-state index contributed by atoms with van der Waals surface area (Å²) in [7, 11) is 0. The fourth-order valence-corrected chi connectivity index (χ4v) is 9.45. The number of benzene rings is 2. The van der Waals surface area contributed by atoms with E-state index < -0.39 is 120 Å². The molecular weight excluding hydrogens is 1030 g/mol. The lowest BCUT2D eigenvalue weighted by molar-refractivity contribution is -0.144. The second-order valence-corrected chi connectivity index (χ2v) is 20.7. The summed E-state index contributed by atoms with van der Waals surface area (Å²) in [6.45, 7) is 8.93. The van der Waals surface area contributed by atoms with Crippen LogP contribution in [0.2, 0.25) is 0 Å². The first kappa shape index (κ1) is 62.8. The number of phenols is 1. The van der Waals surface area contributed by atoms with Crippen LogP contribution in [0.25, 0.3) is 0 Å². The van der Waals surface area contributed by atoms with E-state index in [0.717, 1.165) is 11.1 Å². The number of thioether (sulfide) groups is 1. The van der Waals surface area contributed by atoms with Crippen molar-refractivity contribution in [3.8, 4) is 5.75 Å². The largest absolute Gasteiger partial charge is 0.508 e. The van der Waals surface area contributed by atoms with Crippen molar-refractivity contribution in [2.24, 2.45) is 23.3 Å². The molecule has 4 rings (SSSR count). The maximum Gasteiger partial charge on any atom is 0.327 e. The van der Waals surface area contributed by atoms with Crippen molar-refractivity contribution < 1.29 is 58.5 Å². The molecule has 0 unspecified atom stereocenters. The van der Waals surface area contributed by atoms with Crippen molar-refractivity contribution in [1.82, 2.24) is 52.1 Å². The number of hydrogen-bond donors (Lipinski definition) is 14. The Morgan fingerprint density at radius 2 is 1.41 bits per heavy atom. The van der Waals surface area contributed by atoms with E-state index in [0.29, 0.717) is 29.9 Å². The predicted molar refractivity (Wildman–Crippen MR) is 289 cm³/mol. The molecule has 1 aliphatic heterocycles. The lowest BCUT2D eigenvalue weighted by atomic mass is 9.96. The van der Waals surface area contributed by atoms with Gasteiger partial charge in [0.25, 0.3) is 0 Å². The average Bonchev–Trinajstić information content (AvgIpc) is 4.11. The van der Waals surface area contributed by atoms with Gasteiger partial charge in [-0.3, -0.25) is 43.8 Å². The van der Waals surface area contributed by atoms with Crippen LogP contribution in [-0.2, 0) is 61.7 Å². The van der Waals surface area contributed by atoms with Crippen LogP contribution in [0, 0.1) is 24.2 Å². The fourth-order valence-electron chi connectivity index (χ4n) is 8.44. The first-order chi connectivity index (χ1) is 37.0. The summed E-state index contributed by atoms with van der Waals surface area (Å²) in [5, 5.41) is 55.2. The minimum atomic E-state index is -1.51. The third-order valence-corrected chi connectivity index (χ3v) is 14.2.